The van der Waals surface area contributed by atoms with Gasteiger partial charge in [0.25, 0.3) is 0 Å². The normalized spacial score (nSPS) is 16.5. The van der Waals surface area contributed by atoms with Gasteiger partial charge in [0, 0.05) is 5.92 Å². The number of phenolic OH excluding ortho intramolecular Hbond substituents is 2. The SMILES string of the molecule is CC(C)(C)Oc1ccc2c(c1)CCC(c1ccccc1)=C2c1ccc(O)cc1.CC(C)(C)Oc1ccc2c(c1)CC[C@H](c1ccccc1)C2c1ccc(O)cc1. The summed E-state index contributed by atoms with van der Waals surface area (Å²) in [5.74, 6) is 3.15. The van der Waals surface area contributed by atoms with Gasteiger partial charge in [-0.25, -0.2) is 0 Å². The fraction of sp³-hybridized carbons (Fsp3) is 0.269. The Balaban J connectivity index is 0.000000172. The zero-order chi connectivity index (χ0) is 39.5. The predicted molar refractivity (Wildman–Crippen MR) is 230 cm³/mol. The van der Waals surface area contributed by atoms with Gasteiger partial charge in [0.05, 0.1) is 0 Å². The van der Waals surface area contributed by atoms with E-state index in [9.17, 15) is 10.2 Å². The number of ether oxygens (including phenoxy) is 2. The van der Waals surface area contributed by atoms with Crippen LogP contribution < -0.4 is 9.47 Å². The Morgan fingerprint density at radius 3 is 1.66 bits per heavy atom. The lowest BCUT2D eigenvalue weighted by Gasteiger charge is -2.35. The van der Waals surface area contributed by atoms with E-state index in [0.29, 0.717) is 11.7 Å². The fourth-order valence-electron chi connectivity index (χ4n) is 8.24. The van der Waals surface area contributed by atoms with Crippen LogP contribution in [0.2, 0.25) is 0 Å². The maximum Gasteiger partial charge on any atom is 0.120 e. The third-order valence-corrected chi connectivity index (χ3v) is 10.5. The van der Waals surface area contributed by atoms with E-state index in [1.807, 2.05) is 12.1 Å². The molecule has 0 aliphatic heterocycles. The highest BCUT2D eigenvalue weighted by Gasteiger charge is 2.32. The van der Waals surface area contributed by atoms with Crippen molar-refractivity contribution in [3.05, 3.63) is 190 Å². The molecule has 8 rings (SSSR count). The minimum Gasteiger partial charge on any atom is -0.508 e. The second-order valence-corrected chi connectivity index (χ2v) is 17.0. The molecule has 286 valence electrons. The van der Waals surface area contributed by atoms with Gasteiger partial charge in [-0.05, 0) is 177 Å². The third-order valence-electron chi connectivity index (χ3n) is 10.5. The van der Waals surface area contributed by atoms with Gasteiger partial charge < -0.3 is 19.7 Å². The van der Waals surface area contributed by atoms with Crippen molar-refractivity contribution >= 4 is 11.1 Å². The molecule has 0 spiro atoms. The Kier molecular flexibility index (Phi) is 11.1. The first kappa shape index (κ1) is 38.5. The lowest BCUT2D eigenvalue weighted by molar-refractivity contribution is 0.130. The van der Waals surface area contributed by atoms with Gasteiger partial charge in [0.2, 0.25) is 0 Å². The van der Waals surface area contributed by atoms with Crippen molar-refractivity contribution in [2.24, 2.45) is 0 Å². The van der Waals surface area contributed by atoms with Crippen LogP contribution in [0.5, 0.6) is 23.0 Å². The Labute approximate surface area is 333 Å². The summed E-state index contributed by atoms with van der Waals surface area (Å²) in [6.07, 6.45) is 4.11. The van der Waals surface area contributed by atoms with Crippen LogP contribution in [0.3, 0.4) is 0 Å². The highest BCUT2D eigenvalue weighted by Crippen LogP contribution is 2.47. The number of aromatic hydroxyl groups is 2. The molecule has 4 heteroatoms. The maximum atomic E-state index is 9.76. The molecule has 1 unspecified atom stereocenters. The van der Waals surface area contributed by atoms with E-state index >= 15 is 0 Å². The molecule has 0 radical (unpaired) electrons. The van der Waals surface area contributed by atoms with E-state index in [1.54, 1.807) is 24.3 Å². The standard InChI is InChI=1S/C26H28O2.C26H26O2/c2*1-26(2,3)28-22-14-16-24-20(17-22)11-15-23(18-7-5-4-6-8-18)25(24)19-9-12-21(27)13-10-19/h4-10,12-14,16-17,23,25,27H,11,15H2,1-3H3;4-10,12-14,16-17,27H,11,15H2,1-3H3/t23-,25?;/m1./s1. The molecular weight excluding hydrogens is 689 g/mol. The minimum absolute atomic E-state index is 0.203. The molecule has 0 fully saturated rings. The number of benzene rings is 6. The first-order valence-electron chi connectivity index (χ1n) is 19.9. The first-order chi connectivity index (χ1) is 26.8. The van der Waals surface area contributed by atoms with Crippen molar-refractivity contribution in [2.45, 2.75) is 90.3 Å². The van der Waals surface area contributed by atoms with Crippen molar-refractivity contribution in [1.29, 1.82) is 0 Å². The predicted octanol–water partition coefficient (Wildman–Crippen LogP) is 12.9. The van der Waals surface area contributed by atoms with Gasteiger partial charge in [-0.2, -0.15) is 0 Å². The largest absolute Gasteiger partial charge is 0.508 e. The Morgan fingerprint density at radius 1 is 0.500 bits per heavy atom. The topological polar surface area (TPSA) is 58.9 Å². The lowest BCUT2D eigenvalue weighted by atomic mass is 9.69. The molecule has 2 N–H and O–H groups in total. The summed E-state index contributed by atoms with van der Waals surface area (Å²) in [5.41, 5.74) is 12.5. The van der Waals surface area contributed by atoms with Crippen LogP contribution in [-0.2, 0) is 12.8 Å². The van der Waals surface area contributed by atoms with E-state index in [2.05, 4.69) is 151 Å². The molecular formula is C52H54O4. The summed E-state index contributed by atoms with van der Waals surface area (Å²) in [7, 11) is 0. The number of phenols is 2. The van der Waals surface area contributed by atoms with Crippen LogP contribution >= 0.6 is 0 Å². The molecule has 2 atom stereocenters. The van der Waals surface area contributed by atoms with Crippen molar-refractivity contribution in [2.75, 3.05) is 0 Å². The zero-order valence-electron chi connectivity index (χ0n) is 33.6. The lowest BCUT2D eigenvalue weighted by Crippen LogP contribution is -2.24. The van der Waals surface area contributed by atoms with Crippen LogP contribution in [0.25, 0.3) is 11.1 Å². The average molecular weight is 743 g/mol. The quantitative estimate of drug-likeness (QED) is 0.178. The highest BCUT2D eigenvalue weighted by atomic mass is 16.5. The number of aryl methyl sites for hydroxylation is 2. The Bertz CT molecular complexity index is 2270. The monoisotopic (exact) mass is 742 g/mol. The Hall–Kier alpha value is -5.74. The second-order valence-electron chi connectivity index (χ2n) is 17.0. The molecule has 4 nitrogen and oxygen atoms in total. The summed E-state index contributed by atoms with van der Waals surface area (Å²) in [5, 5.41) is 19.5. The van der Waals surface area contributed by atoms with Gasteiger partial charge in [-0.15, -0.1) is 0 Å². The smallest absolute Gasteiger partial charge is 0.120 e. The number of hydrogen-bond donors (Lipinski definition) is 2. The average Bonchev–Trinajstić information content (AvgIpc) is 3.17. The van der Waals surface area contributed by atoms with Crippen LogP contribution in [0.15, 0.2) is 146 Å². The molecule has 0 bridgehead atoms. The van der Waals surface area contributed by atoms with E-state index in [-0.39, 0.29) is 22.9 Å². The maximum absolute atomic E-state index is 9.76. The summed E-state index contributed by atoms with van der Waals surface area (Å²) >= 11 is 0. The second kappa shape index (κ2) is 16.2. The summed E-state index contributed by atoms with van der Waals surface area (Å²) in [4.78, 5) is 0. The Morgan fingerprint density at radius 2 is 1.05 bits per heavy atom. The number of hydrogen-bond acceptors (Lipinski definition) is 4. The van der Waals surface area contributed by atoms with E-state index in [0.717, 1.165) is 42.7 Å². The molecule has 56 heavy (non-hydrogen) atoms. The van der Waals surface area contributed by atoms with Crippen LogP contribution in [0.4, 0.5) is 0 Å². The first-order valence-corrected chi connectivity index (χ1v) is 19.9. The van der Waals surface area contributed by atoms with Crippen molar-refractivity contribution in [3.63, 3.8) is 0 Å². The summed E-state index contributed by atoms with van der Waals surface area (Å²) < 4.78 is 12.2. The molecule has 2 aliphatic rings. The van der Waals surface area contributed by atoms with Gasteiger partial charge >= 0.3 is 0 Å². The van der Waals surface area contributed by atoms with Crippen LogP contribution in [0.1, 0.15) is 111 Å². The summed E-state index contributed by atoms with van der Waals surface area (Å²) in [6, 6.07) is 49.6. The van der Waals surface area contributed by atoms with Crippen molar-refractivity contribution in [1.82, 2.24) is 0 Å². The molecule has 0 aromatic heterocycles. The summed E-state index contributed by atoms with van der Waals surface area (Å²) in [6.45, 7) is 12.5. The van der Waals surface area contributed by atoms with Gasteiger partial charge in [-0.3, -0.25) is 0 Å². The van der Waals surface area contributed by atoms with Gasteiger partial charge in [-0.1, -0.05) is 97.1 Å². The molecule has 0 saturated heterocycles. The van der Waals surface area contributed by atoms with Crippen molar-refractivity contribution < 1.29 is 19.7 Å². The van der Waals surface area contributed by atoms with Gasteiger partial charge in [0.1, 0.15) is 34.2 Å². The minimum atomic E-state index is -0.215. The van der Waals surface area contributed by atoms with E-state index < -0.39 is 0 Å². The van der Waals surface area contributed by atoms with E-state index in [1.165, 1.54) is 50.1 Å². The van der Waals surface area contributed by atoms with Crippen molar-refractivity contribution in [3.8, 4) is 23.0 Å². The molecule has 0 heterocycles. The molecule has 2 aliphatic carbocycles. The number of fused-ring (bicyclic) bond motifs is 2. The van der Waals surface area contributed by atoms with Crippen LogP contribution in [0, 0.1) is 0 Å². The van der Waals surface area contributed by atoms with E-state index in [4.69, 9.17) is 9.47 Å². The molecule has 0 saturated carbocycles. The molecule has 0 amide bonds. The fourth-order valence-corrected chi connectivity index (χ4v) is 8.24. The third kappa shape index (κ3) is 9.20. The highest BCUT2D eigenvalue weighted by molar-refractivity contribution is 6.00. The zero-order valence-corrected chi connectivity index (χ0v) is 33.6. The number of rotatable bonds is 6. The van der Waals surface area contributed by atoms with Gasteiger partial charge in [0.15, 0.2) is 0 Å². The van der Waals surface area contributed by atoms with Crippen LogP contribution in [-0.4, -0.2) is 21.4 Å². The number of allylic oxidation sites excluding steroid dienone is 1. The molecule has 6 aromatic carbocycles. The molecule has 6 aromatic rings.